The molecule has 68 heavy (non-hydrogen) atoms. The molecule has 392 valence electrons. The van der Waals surface area contributed by atoms with Crippen LogP contribution in [0.15, 0.2) is 60.8 Å². The van der Waals surface area contributed by atoms with Crippen LogP contribution < -0.4 is 0 Å². The zero-order valence-corrected chi connectivity index (χ0v) is 41.6. The van der Waals surface area contributed by atoms with Crippen LogP contribution in [0.4, 0.5) is 0 Å². The number of ether oxygens (including phenoxy) is 2. The number of aliphatic hydroxyl groups excluding tert-OH is 8. The maximum atomic E-state index is 13.6. The molecule has 1 aliphatic heterocycles. The highest BCUT2D eigenvalue weighted by Crippen LogP contribution is 2.47. The fourth-order valence-corrected chi connectivity index (χ4v) is 9.22. The van der Waals surface area contributed by atoms with Crippen LogP contribution in [0.1, 0.15) is 162 Å². The first kappa shape index (κ1) is 61.5. The number of esters is 2. The fourth-order valence-electron chi connectivity index (χ4n) is 8.25. The summed E-state index contributed by atoms with van der Waals surface area (Å²) in [6, 6.07) is 0. The van der Waals surface area contributed by atoms with Crippen molar-refractivity contribution in [2.24, 2.45) is 11.8 Å². The first-order chi connectivity index (χ1) is 32.6. The van der Waals surface area contributed by atoms with Gasteiger partial charge < -0.3 is 55.2 Å². The Balaban J connectivity index is 2.13. The SMILES string of the molecule is CCCCC/C=C\C/C=C\C/C=C\C/C=C\CCCCCC(=O)O[C@@H]1COC(=O)CCCCCC[C@@H]2[C@@H](O)[C@H](O)[C@@H](O)[C@H](OP(=O)(O)OC1)[C@H](O)[C@H](O)[C@@H](/C=C/[C@@H](O)CCCCC)[C@H](O)C[C@@H]2O. The third-order valence-corrected chi connectivity index (χ3v) is 13.4. The zero-order chi connectivity index (χ0) is 50.2. The molecule has 2 aliphatic rings. The molecule has 9 N–H and O–H groups in total. The molecule has 13 atom stereocenters. The standard InChI is InChI=1S/C51H87O16P/c1-3-5-7-8-9-10-11-12-13-14-15-16-17-18-19-20-21-22-28-32-45(56)66-39-36-64-44(55)31-27-24-23-26-30-40-42(53)35-43(54)41(34-33-38(52)29-25-6-4-2)47(58)49(60)51(50(61)48(59)46(40)57)67-68(62,63)65-37-39/h9-10,12-13,15-16,18-19,33-34,38-43,46-54,57-61H,3-8,11,14,17,20-32,35-37H2,1-2H3,(H,62,63)/b10-9-,13-12-,16-15-,19-18-,34-33+/t38-,39+,40-,41-,42-,43+,46+,47+,48-,49+,50+,51+/m0/s1. The quantitative estimate of drug-likeness (QED) is 0.0218. The summed E-state index contributed by atoms with van der Waals surface area (Å²) in [5.74, 6) is -3.94. The second-order valence-electron chi connectivity index (χ2n) is 18.3. The second kappa shape index (κ2) is 36.4. The van der Waals surface area contributed by atoms with E-state index in [1.165, 1.54) is 31.4 Å². The maximum absolute atomic E-state index is 13.6. The van der Waals surface area contributed by atoms with Crippen molar-refractivity contribution in [2.45, 2.75) is 223 Å². The van der Waals surface area contributed by atoms with Gasteiger partial charge in [-0.2, -0.15) is 0 Å². The van der Waals surface area contributed by atoms with E-state index in [0.717, 1.165) is 51.4 Å². The molecular formula is C51H87O16P. The van der Waals surface area contributed by atoms with Crippen molar-refractivity contribution in [3.05, 3.63) is 60.8 Å². The summed E-state index contributed by atoms with van der Waals surface area (Å²) in [5, 5.41) is 90.3. The number of unbranched alkanes of at least 4 members (excludes halogenated alkanes) is 8. The van der Waals surface area contributed by atoms with Crippen molar-refractivity contribution in [3.8, 4) is 0 Å². The van der Waals surface area contributed by atoms with Gasteiger partial charge in [0.2, 0.25) is 0 Å². The molecule has 17 heteroatoms. The lowest BCUT2D eigenvalue weighted by molar-refractivity contribution is -0.167. The molecule has 0 aromatic rings. The van der Waals surface area contributed by atoms with E-state index in [0.29, 0.717) is 51.4 Å². The van der Waals surface area contributed by atoms with Gasteiger partial charge in [-0.3, -0.25) is 18.6 Å². The number of rotatable bonds is 23. The summed E-state index contributed by atoms with van der Waals surface area (Å²) in [4.78, 5) is 36.6. The summed E-state index contributed by atoms with van der Waals surface area (Å²) in [7, 11) is -5.45. The number of aliphatic hydroxyl groups is 8. The summed E-state index contributed by atoms with van der Waals surface area (Å²) in [6.07, 6.45) is 15.5. The molecule has 2 fully saturated rings. The van der Waals surface area contributed by atoms with E-state index in [1.54, 1.807) is 0 Å². The van der Waals surface area contributed by atoms with Crippen molar-refractivity contribution < 1.29 is 78.4 Å². The lowest BCUT2D eigenvalue weighted by Gasteiger charge is -2.37. The van der Waals surface area contributed by atoms with Crippen LogP contribution in [-0.2, 0) is 32.7 Å². The fraction of sp³-hybridized carbons (Fsp3) is 0.765. The van der Waals surface area contributed by atoms with Gasteiger partial charge in [0.05, 0.1) is 37.1 Å². The number of allylic oxidation sites excluding steroid dienone is 8. The van der Waals surface area contributed by atoms with E-state index in [-0.39, 0.29) is 19.3 Å². The number of phosphoric ester groups is 1. The molecule has 1 saturated heterocycles. The minimum atomic E-state index is -5.45. The van der Waals surface area contributed by atoms with E-state index in [4.69, 9.17) is 18.5 Å². The van der Waals surface area contributed by atoms with Gasteiger partial charge in [-0.15, -0.1) is 0 Å². The highest BCUT2D eigenvalue weighted by molar-refractivity contribution is 7.47. The average Bonchev–Trinajstić information content (AvgIpc) is 3.31. The van der Waals surface area contributed by atoms with Gasteiger partial charge in [-0.1, -0.05) is 132 Å². The van der Waals surface area contributed by atoms with Crippen LogP contribution in [-0.4, -0.2) is 132 Å². The molecule has 1 unspecified atom stereocenters. The number of hydrogen-bond acceptors (Lipinski definition) is 15. The van der Waals surface area contributed by atoms with E-state index in [2.05, 4.69) is 55.5 Å². The highest BCUT2D eigenvalue weighted by atomic mass is 31.2. The molecular weight excluding hydrogens is 900 g/mol. The van der Waals surface area contributed by atoms with Gasteiger partial charge in [-0.25, -0.2) is 4.57 Å². The minimum absolute atomic E-state index is 0.00154. The van der Waals surface area contributed by atoms with Crippen molar-refractivity contribution in [2.75, 3.05) is 13.2 Å². The lowest BCUT2D eigenvalue weighted by atomic mass is 9.82. The van der Waals surface area contributed by atoms with Gasteiger partial charge in [0, 0.05) is 31.1 Å². The zero-order valence-electron chi connectivity index (χ0n) is 40.7. The second-order valence-corrected chi connectivity index (χ2v) is 19.7. The Labute approximate surface area is 405 Å². The van der Waals surface area contributed by atoms with Crippen LogP contribution in [0, 0.1) is 11.8 Å². The predicted octanol–water partition coefficient (Wildman–Crippen LogP) is 6.88. The third kappa shape index (κ3) is 26.0. The molecule has 0 spiro atoms. The Morgan fingerprint density at radius 2 is 1.29 bits per heavy atom. The molecule has 2 bridgehead atoms. The molecule has 2 rings (SSSR count). The molecule has 1 aliphatic carbocycles. The first-order valence-electron chi connectivity index (χ1n) is 25.3. The van der Waals surface area contributed by atoms with Crippen molar-refractivity contribution in [1.82, 2.24) is 0 Å². The Morgan fingerprint density at radius 3 is 1.94 bits per heavy atom. The van der Waals surface area contributed by atoms with Gasteiger partial charge in [-0.05, 0) is 70.6 Å². The van der Waals surface area contributed by atoms with Crippen LogP contribution in [0.3, 0.4) is 0 Å². The Hall–Kier alpha value is -2.57. The summed E-state index contributed by atoms with van der Waals surface area (Å²) in [6.45, 7) is 2.80. The molecule has 0 aromatic heterocycles. The summed E-state index contributed by atoms with van der Waals surface area (Å²) < 4.78 is 34.8. The van der Waals surface area contributed by atoms with Gasteiger partial charge in [0.1, 0.15) is 31.0 Å². The van der Waals surface area contributed by atoms with E-state index >= 15 is 0 Å². The summed E-state index contributed by atoms with van der Waals surface area (Å²) in [5.41, 5.74) is 0. The van der Waals surface area contributed by atoms with Crippen LogP contribution in [0.5, 0.6) is 0 Å². The molecule has 1 saturated carbocycles. The van der Waals surface area contributed by atoms with Crippen LogP contribution >= 0.6 is 7.82 Å². The van der Waals surface area contributed by atoms with Gasteiger partial charge >= 0.3 is 19.8 Å². The van der Waals surface area contributed by atoms with Gasteiger partial charge in [0.25, 0.3) is 0 Å². The van der Waals surface area contributed by atoms with Crippen molar-refractivity contribution in [1.29, 1.82) is 0 Å². The van der Waals surface area contributed by atoms with E-state index < -0.39 is 112 Å². The summed E-state index contributed by atoms with van der Waals surface area (Å²) >= 11 is 0. The molecule has 1 heterocycles. The number of cyclic esters (lactones) is 1. The Kier molecular flexibility index (Phi) is 32.9. The highest BCUT2D eigenvalue weighted by Gasteiger charge is 2.49. The monoisotopic (exact) mass is 987 g/mol. The first-order valence-corrected chi connectivity index (χ1v) is 26.8. The average molecular weight is 987 g/mol. The Morgan fingerprint density at radius 1 is 0.706 bits per heavy atom. The third-order valence-electron chi connectivity index (χ3n) is 12.4. The largest absolute Gasteiger partial charge is 0.472 e. The topological polar surface area (TPSA) is 270 Å². The molecule has 0 amide bonds. The Bertz CT molecular complexity index is 1550. The predicted molar refractivity (Wildman–Crippen MR) is 260 cm³/mol. The lowest BCUT2D eigenvalue weighted by Crippen LogP contribution is -2.55. The van der Waals surface area contributed by atoms with E-state index in [9.17, 15) is 59.9 Å². The number of fused-ring (bicyclic) bond motifs is 4. The van der Waals surface area contributed by atoms with Crippen molar-refractivity contribution >= 4 is 19.8 Å². The van der Waals surface area contributed by atoms with Crippen LogP contribution in [0.25, 0.3) is 0 Å². The van der Waals surface area contributed by atoms with Gasteiger partial charge in [0.15, 0.2) is 6.10 Å². The van der Waals surface area contributed by atoms with Crippen LogP contribution in [0.2, 0.25) is 0 Å². The minimum Gasteiger partial charge on any atom is -0.462 e. The maximum Gasteiger partial charge on any atom is 0.472 e. The normalized spacial score (nSPS) is 31.9. The molecule has 16 nitrogen and oxygen atoms in total. The number of phosphoric acid groups is 1. The van der Waals surface area contributed by atoms with Crippen molar-refractivity contribution in [3.63, 3.8) is 0 Å². The number of carbonyl (C=O) groups excluding carboxylic acids is 2. The number of hydrogen-bond donors (Lipinski definition) is 9. The smallest absolute Gasteiger partial charge is 0.462 e. The number of carbonyl (C=O) groups is 2. The van der Waals surface area contributed by atoms with E-state index in [1.807, 2.05) is 6.92 Å². The molecule has 0 radical (unpaired) electrons. The molecule has 0 aromatic carbocycles.